The van der Waals surface area contributed by atoms with Gasteiger partial charge in [-0.2, -0.15) is 0 Å². The molecule has 0 unspecified atom stereocenters. The first-order valence-electron chi connectivity index (χ1n) is 6.41. The Hall–Kier alpha value is -0.900. The highest BCUT2D eigenvalue weighted by Crippen LogP contribution is 2.63. The summed E-state index contributed by atoms with van der Waals surface area (Å²) < 4.78 is 2.03. The Bertz CT molecular complexity index is 424. The van der Waals surface area contributed by atoms with Gasteiger partial charge in [0.1, 0.15) is 0 Å². The highest BCUT2D eigenvalue weighted by molar-refractivity contribution is 5.35. The highest BCUT2D eigenvalue weighted by atomic mass is 15.4. The molecule has 0 saturated heterocycles. The van der Waals surface area contributed by atoms with E-state index in [1.54, 1.807) is 0 Å². The van der Waals surface area contributed by atoms with Crippen LogP contribution in [0.25, 0.3) is 0 Å². The number of aromatic nitrogens is 3. The smallest absolute Gasteiger partial charge is 0.0907 e. The van der Waals surface area contributed by atoms with Crippen molar-refractivity contribution in [3.05, 3.63) is 11.9 Å². The van der Waals surface area contributed by atoms with Gasteiger partial charge in [0, 0.05) is 23.7 Å². The van der Waals surface area contributed by atoms with Crippen molar-refractivity contribution < 1.29 is 0 Å². The van der Waals surface area contributed by atoms with E-state index in [1.165, 1.54) is 38.5 Å². The Kier molecular flexibility index (Phi) is 1.53. The summed E-state index contributed by atoms with van der Waals surface area (Å²) in [5.41, 5.74) is 7.79. The Morgan fingerprint density at radius 2 is 2.06 bits per heavy atom. The van der Waals surface area contributed by atoms with Crippen LogP contribution >= 0.6 is 0 Å². The molecule has 16 heavy (non-hydrogen) atoms. The third-order valence-electron chi connectivity index (χ3n) is 4.66. The van der Waals surface area contributed by atoms with Crippen molar-refractivity contribution in [1.82, 2.24) is 15.0 Å². The number of nitrogens with two attached hydrogens (primary N) is 1. The maximum atomic E-state index is 6.36. The Morgan fingerprint density at radius 3 is 2.62 bits per heavy atom. The minimum Gasteiger partial charge on any atom is -0.324 e. The number of hydrogen-bond acceptors (Lipinski definition) is 3. The van der Waals surface area contributed by atoms with Gasteiger partial charge in [0.15, 0.2) is 0 Å². The summed E-state index contributed by atoms with van der Waals surface area (Å²) >= 11 is 0. The minimum absolute atomic E-state index is 0.0629. The molecule has 4 nitrogen and oxygen atoms in total. The average Bonchev–Trinajstić information content (AvgIpc) is 3.08. The number of nitrogens with zero attached hydrogens (tertiary/aromatic N) is 3. The summed E-state index contributed by atoms with van der Waals surface area (Å²) in [5.74, 6) is 0.859. The first kappa shape index (κ1) is 9.16. The van der Waals surface area contributed by atoms with Crippen molar-refractivity contribution in [2.24, 2.45) is 11.7 Å². The van der Waals surface area contributed by atoms with Crippen LogP contribution in [0.15, 0.2) is 6.20 Å². The molecule has 3 aliphatic rings. The van der Waals surface area contributed by atoms with E-state index in [0.29, 0.717) is 0 Å². The van der Waals surface area contributed by atoms with Crippen LogP contribution in [-0.2, 0) is 12.0 Å². The molecule has 3 fully saturated rings. The van der Waals surface area contributed by atoms with Gasteiger partial charge in [-0.1, -0.05) is 5.21 Å². The summed E-state index contributed by atoms with van der Waals surface area (Å²) in [5, 5.41) is 8.63. The van der Waals surface area contributed by atoms with Crippen molar-refractivity contribution in [2.75, 3.05) is 0 Å². The van der Waals surface area contributed by atoms with Crippen molar-refractivity contribution in [3.63, 3.8) is 0 Å². The summed E-state index contributed by atoms with van der Waals surface area (Å²) in [6, 6.07) is 0. The van der Waals surface area contributed by atoms with Crippen LogP contribution in [0.4, 0.5) is 0 Å². The maximum Gasteiger partial charge on any atom is 0.0907 e. The molecule has 3 saturated carbocycles. The zero-order valence-corrected chi connectivity index (χ0v) is 9.52. The molecule has 1 aromatic heterocycles. The molecule has 0 amide bonds. The van der Waals surface area contributed by atoms with Gasteiger partial charge >= 0.3 is 0 Å². The highest BCUT2D eigenvalue weighted by Gasteiger charge is 2.65. The van der Waals surface area contributed by atoms with Crippen molar-refractivity contribution in [1.29, 1.82) is 0 Å². The van der Waals surface area contributed by atoms with E-state index in [9.17, 15) is 0 Å². The lowest BCUT2D eigenvalue weighted by molar-refractivity contribution is 0.490. The minimum atomic E-state index is 0.0629. The van der Waals surface area contributed by atoms with Gasteiger partial charge in [-0.25, -0.2) is 0 Å². The SMILES string of the molecule is NC1(C2(c3cn(CC4CC4)nn3)CC2)CC1. The van der Waals surface area contributed by atoms with E-state index in [-0.39, 0.29) is 11.0 Å². The molecule has 0 aliphatic heterocycles. The normalized spacial score (nSPS) is 29.1. The van der Waals surface area contributed by atoms with Gasteiger partial charge in [-0.15, -0.1) is 5.10 Å². The first-order valence-corrected chi connectivity index (χ1v) is 6.41. The van der Waals surface area contributed by atoms with Gasteiger partial charge < -0.3 is 5.73 Å². The van der Waals surface area contributed by atoms with Crippen LogP contribution in [-0.4, -0.2) is 20.5 Å². The fraction of sp³-hybridized carbons (Fsp3) is 0.833. The van der Waals surface area contributed by atoms with Gasteiger partial charge in [0.05, 0.1) is 5.69 Å². The summed E-state index contributed by atoms with van der Waals surface area (Å²) in [4.78, 5) is 0. The molecule has 2 N–H and O–H groups in total. The topological polar surface area (TPSA) is 56.7 Å². The lowest BCUT2D eigenvalue weighted by Gasteiger charge is -2.19. The van der Waals surface area contributed by atoms with Crippen molar-refractivity contribution >= 4 is 0 Å². The number of hydrogen-bond donors (Lipinski definition) is 1. The van der Waals surface area contributed by atoms with Crippen molar-refractivity contribution in [3.8, 4) is 0 Å². The molecule has 4 rings (SSSR count). The molecule has 3 aliphatic carbocycles. The lowest BCUT2D eigenvalue weighted by Crippen LogP contribution is -2.37. The second kappa shape index (κ2) is 2.67. The maximum absolute atomic E-state index is 6.36. The largest absolute Gasteiger partial charge is 0.324 e. The van der Waals surface area contributed by atoms with E-state index < -0.39 is 0 Å². The summed E-state index contributed by atoms with van der Waals surface area (Å²) in [6.45, 7) is 1.06. The molecule has 0 aromatic carbocycles. The fourth-order valence-electron chi connectivity index (χ4n) is 2.92. The Balaban J connectivity index is 1.60. The van der Waals surface area contributed by atoms with Gasteiger partial charge in [0.2, 0.25) is 0 Å². The van der Waals surface area contributed by atoms with E-state index in [4.69, 9.17) is 5.73 Å². The Labute approximate surface area is 95.2 Å². The lowest BCUT2D eigenvalue weighted by atomic mass is 9.91. The van der Waals surface area contributed by atoms with E-state index in [2.05, 4.69) is 16.5 Å². The monoisotopic (exact) mass is 218 g/mol. The average molecular weight is 218 g/mol. The van der Waals surface area contributed by atoms with E-state index >= 15 is 0 Å². The third kappa shape index (κ3) is 1.19. The molecular weight excluding hydrogens is 200 g/mol. The molecule has 0 radical (unpaired) electrons. The predicted molar refractivity (Wildman–Crippen MR) is 59.8 cm³/mol. The van der Waals surface area contributed by atoms with Crippen LogP contribution in [0.2, 0.25) is 0 Å². The standard InChI is InChI=1S/C12H18N4/c13-12(5-6-12)11(3-4-11)10-8-16(15-14-10)7-9-1-2-9/h8-9H,1-7,13H2. The van der Waals surface area contributed by atoms with Gasteiger partial charge in [-0.05, 0) is 44.4 Å². The second-order valence-electron chi connectivity index (χ2n) is 6.01. The van der Waals surface area contributed by atoms with Crippen LogP contribution in [0, 0.1) is 5.92 Å². The second-order valence-corrected chi connectivity index (χ2v) is 6.01. The molecule has 0 atom stereocenters. The van der Waals surface area contributed by atoms with Gasteiger partial charge in [0.25, 0.3) is 0 Å². The first-order chi connectivity index (χ1) is 7.72. The third-order valence-corrected chi connectivity index (χ3v) is 4.66. The van der Waals surface area contributed by atoms with Gasteiger partial charge in [-0.3, -0.25) is 4.68 Å². The molecule has 1 aromatic rings. The Morgan fingerprint density at radius 1 is 1.31 bits per heavy atom. The molecule has 0 spiro atoms. The molecular formula is C12H18N4. The van der Waals surface area contributed by atoms with Crippen LogP contribution in [0.3, 0.4) is 0 Å². The van der Waals surface area contributed by atoms with E-state index in [1.807, 2.05) is 4.68 Å². The van der Waals surface area contributed by atoms with Crippen LogP contribution < -0.4 is 5.73 Å². The predicted octanol–water partition coefficient (Wildman–Crippen LogP) is 1.21. The summed E-state index contributed by atoms with van der Waals surface area (Å²) in [7, 11) is 0. The van der Waals surface area contributed by atoms with E-state index in [0.717, 1.165) is 18.2 Å². The molecule has 86 valence electrons. The van der Waals surface area contributed by atoms with Crippen molar-refractivity contribution in [2.45, 2.75) is 56.0 Å². The summed E-state index contributed by atoms with van der Waals surface area (Å²) in [6.07, 6.45) is 9.64. The molecule has 0 bridgehead atoms. The molecule has 4 heteroatoms. The zero-order chi connectivity index (χ0) is 10.8. The quantitative estimate of drug-likeness (QED) is 0.826. The zero-order valence-electron chi connectivity index (χ0n) is 9.52. The van der Waals surface area contributed by atoms with Crippen LogP contribution in [0.1, 0.15) is 44.2 Å². The molecule has 1 heterocycles. The fourth-order valence-corrected chi connectivity index (χ4v) is 2.92. The van der Waals surface area contributed by atoms with Crippen LogP contribution in [0.5, 0.6) is 0 Å². The number of rotatable bonds is 4.